The molecule has 1 heterocycles. The number of nitrogens with one attached hydrogen (secondary N) is 1. The Morgan fingerprint density at radius 3 is 2.44 bits per heavy atom. The summed E-state index contributed by atoms with van der Waals surface area (Å²) >= 11 is 3.35. The van der Waals surface area contributed by atoms with E-state index in [1.54, 1.807) is 42.6 Å². The van der Waals surface area contributed by atoms with Gasteiger partial charge in [-0.15, -0.1) is 0 Å². The lowest BCUT2D eigenvalue weighted by Crippen LogP contribution is -2.27. The Balaban J connectivity index is 1.64. The molecule has 0 aliphatic carbocycles. The number of nitrogens with zero attached hydrogens (tertiary/aromatic N) is 2. The Hall–Kier alpha value is -2.73. The maximum absolute atomic E-state index is 12.8. The van der Waals surface area contributed by atoms with E-state index in [4.69, 9.17) is 0 Å². The maximum Gasteiger partial charge on any atom is 0.252 e. The van der Waals surface area contributed by atoms with Gasteiger partial charge < -0.3 is 5.32 Å². The van der Waals surface area contributed by atoms with Gasteiger partial charge in [0.2, 0.25) is 0 Å². The molecule has 0 atom stereocenters. The fourth-order valence-electron chi connectivity index (χ4n) is 2.74. The molecule has 1 aromatic heterocycles. The van der Waals surface area contributed by atoms with Crippen molar-refractivity contribution in [2.75, 3.05) is 6.54 Å². The van der Waals surface area contributed by atoms with Crippen molar-refractivity contribution in [2.24, 2.45) is 0 Å². The first kappa shape index (κ1) is 19.0. The van der Waals surface area contributed by atoms with Gasteiger partial charge in [-0.05, 0) is 35.3 Å². The van der Waals surface area contributed by atoms with Gasteiger partial charge in [-0.3, -0.25) is 14.3 Å². The van der Waals surface area contributed by atoms with Crippen LogP contribution in [0.25, 0.3) is 0 Å². The number of hydrogen-bond acceptors (Lipinski definition) is 3. The van der Waals surface area contributed by atoms with Crippen molar-refractivity contribution in [3.05, 3.63) is 87.7 Å². The number of benzene rings is 2. The number of amides is 1. The van der Waals surface area contributed by atoms with Crippen molar-refractivity contribution in [3.63, 3.8) is 0 Å². The number of carbonyl (C=O) groups excluding carboxylic acids is 2. The van der Waals surface area contributed by atoms with E-state index in [0.29, 0.717) is 29.8 Å². The lowest BCUT2D eigenvalue weighted by atomic mass is 9.97. The van der Waals surface area contributed by atoms with Crippen LogP contribution in [-0.4, -0.2) is 28.0 Å². The highest BCUT2D eigenvalue weighted by Crippen LogP contribution is 2.15. The van der Waals surface area contributed by atoms with Crippen molar-refractivity contribution in [2.45, 2.75) is 19.9 Å². The minimum absolute atomic E-state index is 0.151. The van der Waals surface area contributed by atoms with Gasteiger partial charge in [0, 0.05) is 30.4 Å². The smallest absolute Gasteiger partial charge is 0.252 e. The van der Waals surface area contributed by atoms with E-state index in [1.807, 2.05) is 29.9 Å². The van der Waals surface area contributed by atoms with Gasteiger partial charge in [0.15, 0.2) is 5.78 Å². The van der Waals surface area contributed by atoms with Crippen LogP contribution < -0.4 is 5.32 Å². The summed E-state index contributed by atoms with van der Waals surface area (Å²) in [5.74, 6) is -0.394. The summed E-state index contributed by atoms with van der Waals surface area (Å²) in [7, 11) is 0. The number of ketones is 1. The molecule has 6 heteroatoms. The summed E-state index contributed by atoms with van der Waals surface area (Å²) in [5, 5.41) is 7.07. The van der Waals surface area contributed by atoms with E-state index in [0.717, 1.165) is 16.5 Å². The molecule has 3 aromatic rings. The second-order valence-electron chi connectivity index (χ2n) is 6.27. The van der Waals surface area contributed by atoms with E-state index < -0.39 is 0 Å². The molecule has 0 aliphatic heterocycles. The molecular weight excluding hydrogens is 406 g/mol. The average molecular weight is 426 g/mol. The Bertz CT molecular complexity index is 948. The minimum Gasteiger partial charge on any atom is -0.352 e. The molecule has 0 bridgehead atoms. The standard InChI is InChI=1S/C21H20BrN3O2/c1-15-7-9-16(10-8-15)20(26)18-5-2-3-6-19(18)21(27)23-11-4-12-25-14-17(22)13-24-25/h2-3,5-10,13-14H,4,11-12H2,1H3,(H,23,27). The largest absolute Gasteiger partial charge is 0.352 e. The number of aryl methyl sites for hydroxylation is 2. The summed E-state index contributed by atoms with van der Waals surface area (Å²) < 4.78 is 2.74. The normalized spacial score (nSPS) is 10.6. The van der Waals surface area contributed by atoms with Crippen LogP contribution in [0, 0.1) is 6.92 Å². The molecule has 0 saturated heterocycles. The summed E-state index contributed by atoms with van der Waals surface area (Å²) in [6, 6.07) is 14.3. The Kier molecular flexibility index (Phi) is 6.19. The van der Waals surface area contributed by atoms with Crippen molar-refractivity contribution >= 4 is 27.6 Å². The van der Waals surface area contributed by atoms with Gasteiger partial charge in [-0.1, -0.05) is 48.0 Å². The average Bonchev–Trinajstić information content (AvgIpc) is 3.10. The van der Waals surface area contributed by atoms with Gasteiger partial charge in [-0.2, -0.15) is 5.10 Å². The summed E-state index contributed by atoms with van der Waals surface area (Å²) in [6.07, 6.45) is 4.36. The maximum atomic E-state index is 12.8. The summed E-state index contributed by atoms with van der Waals surface area (Å²) in [6.45, 7) is 3.18. The minimum atomic E-state index is -0.243. The first-order chi connectivity index (χ1) is 13.0. The second kappa shape index (κ2) is 8.77. The van der Waals surface area contributed by atoms with Crippen molar-refractivity contribution in [3.8, 4) is 0 Å². The molecule has 1 amide bonds. The Morgan fingerprint density at radius 2 is 1.78 bits per heavy atom. The van der Waals surface area contributed by atoms with Gasteiger partial charge in [-0.25, -0.2) is 0 Å². The summed E-state index contributed by atoms with van der Waals surface area (Å²) in [4.78, 5) is 25.4. The molecule has 138 valence electrons. The number of carbonyl (C=O) groups is 2. The van der Waals surface area contributed by atoms with Crippen LogP contribution in [-0.2, 0) is 6.54 Å². The van der Waals surface area contributed by atoms with Crippen LogP contribution in [0.3, 0.4) is 0 Å². The fraction of sp³-hybridized carbons (Fsp3) is 0.190. The van der Waals surface area contributed by atoms with E-state index in [-0.39, 0.29) is 11.7 Å². The molecule has 0 spiro atoms. The first-order valence-electron chi connectivity index (χ1n) is 8.71. The van der Waals surface area contributed by atoms with Crippen LogP contribution in [0.15, 0.2) is 65.4 Å². The highest BCUT2D eigenvalue weighted by atomic mass is 79.9. The lowest BCUT2D eigenvalue weighted by molar-refractivity contribution is 0.0941. The van der Waals surface area contributed by atoms with Gasteiger partial charge in [0.25, 0.3) is 5.91 Å². The van der Waals surface area contributed by atoms with Crippen LogP contribution >= 0.6 is 15.9 Å². The summed E-state index contributed by atoms with van der Waals surface area (Å²) in [5.41, 5.74) is 2.46. The van der Waals surface area contributed by atoms with Crippen molar-refractivity contribution < 1.29 is 9.59 Å². The Labute approximate surface area is 166 Å². The fourth-order valence-corrected chi connectivity index (χ4v) is 3.07. The van der Waals surface area contributed by atoms with Crippen LogP contribution in [0.1, 0.15) is 38.3 Å². The van der Waals surface area contributed by atoms with E-state index >= 15 is 0 Å². The van der Waals surface area contributed by atoms with Crippen molar-refractivity contribution in [1.82, 2.24) is 15.1 Å². The molecule has 2 aromatic carbocycles. The van der Waals surface area contributed by atoms with E-state index in [2.05, 4.69) is 26.3 Å². The molecule has 0 saturated carbocycles. The molecule has 27 heavy (non-hydrogen) atoms. The third-order valence-corrected chi connectivity index (χ3v) is 4.59. The second-order valence-corrected chi connectivity index (χ2v) is 7.19. The quantitative estimate of drug-likeness (QED) is 0.459. The van der Waals surface area contributed by atoms with Crippen molar-refractivity contribution in [1.29, 1.82) is 0 Å². The molecule has 0 fully saturated rings. The number of hydrogen-bond donors (Lipinski definition) is 1. The zero-order chi connectivity index (χ0) is 19.2. The highest BCUT2D eigenvalue weighted by Gasteiger charge is 2.17. The zero-order valence-corrected chi connectivity index (χ0v) is 16.6. The first-order valence-corrected chi connectivity index (χ1v) is 9.50. The lowest BCUT2D eigenvalue weighted by Gasteiger charge is -2.10. The monoisotopic (exact) mass is 425 g/mol. The van der Waals surface area contributed by atoms with E-state index in [9.17, 15) is 9.59 Å². The molecule has 0 unspecified atom stereocenters. The number of aromatic nitrogens is 2. The molecule has 1 N–H and O–H groups in total. The van der Waals surface area contributed by atoms with Crippen LogP contribution in [0.2, 0.25) is 0 Å². The van der Waals surface area contributed by atoms with E-state index in [1.165, 1.54) is 0 Å². The molecule has 0 aliphatic rings. The van der Waals surface area contributed by atoms with Gasteiger partial charge in [0.05, 0.1) is 16.2 Å². The predicted molar refractivity (Wildman–Crippen MR) is 108 cm³/mol. The highest BCUT2D eigenvalue weighted by molar-refractivity contribution is 9.10. The third-order valence-electron chi connectivity index (χ3n) is 4.18. The predicted octanol–water partition coefficient (Wildman–Crippen LogP) is 4.01. The van der Waals surface area contributed by atoms with Gasteiger partial charge >= 0.3 is 0 Å². The van der Waals surface area contributed by atoms with Gasteiger partial charge in [0.1, 0.15) is 0 Å². The molecule has 0 radical (unpaired) electrons. The van der Waals surface area contributed by atoms with Crippen LogP contribution in [0.4, 0.5) is 0 Å². The number of rotatable bonds is 7. The molecule has 3 rings (SSSR count). The Morgan fingerprint density at radius 1 is 1.07 bits per heavy atom. The topological polar surface area (TPSA) is 64.0 Å². The number of halogens is 1. The van der Waals surface area contributed by atoms with Crippen LogP contribution in [0.5, 0.6) is 0 Å². The molecule has 5 nitrogen and oxygen atoms in total. The SMILES string of the molecule is Cc1ccc(C(=O)c2ccccc2C(=O)NCCCn2cc(Br)cn2)cc1. The molecular formula is C21H20BrN3O2. The third kappa shape index (κ3) is 4.92. The zero-order valence-electron chi connectivity index (χ0n) is 15.0.